The van der Waals surface area contributed by atoms with Crippen LogP contribution >= 0.6 is 23.4 Å². The molecule has 0 spiro atoms. The number of halogens is 1. The summed E-state index contributed by atoms with van der Waals surface area (Å²) in [5.74, 6) is -0.136. The third-order valence-electron chi connectivity index (χ3n) is 2.33. The molecule has 1 saturated heterocycles. The summed E-state index contributed by atoms with van der Waals surface area (Å²) in [4.78, 5) is 11.2. The van der Waals surface area contributed by atoms with Gasteiger partial charge in [-0.1, -0.05) is 29.8 Å². The Balaban J connectivity index is 2.19. The highest BCUT2D eigenvalue weighted by Gasteiger charge is 2.29. The minimum absolute atomic E-state index is 0.111. The monoisotopic (exact) mass is 242 g/mol. The smallest absolute Gasteiger partial charge is 0.318 e. The molecule has 15 heavy (non-hydrogen) atoms. The number of rotatable bonds is 1. The molecule has 2 atom stereocenters. The van der Waals surface area contributed by atoms with Crippen LogP contribution in [0.1, 0.15) is 17.7 Å². The van der Waals surface area contributed by atoms with Gasteiger partial charge in [-0.3, -0.25) is 4.79 Å². The van der Waals surface area contributed by atoms with Crippen molar-refractivity contribution in [1.29, 1.82) is 0 Å². The van der Waals surface area contributed by atoms with E-state index in [9.17, 15) is 4.79 Å². The number of benzene rings is 1. The third-order valence-corrected chi connectivity index (χ3v) is 3.99. The largest absolute Gasteiger partial charge is 0.463 e. The Morgan fingerprint density at radius 2 is 2.20 bits per heavy atom. The maximum atomic E-state index is 11.2. The minimum atomic E-state index is -0.136. The number of hydrogen-bond donors (Lipinski definition) is 0. The van der Waals surface area contributed by atoms with Gasteiger partial charge in [0.05, 0.1) is 5.25 Å². The molecule has 2 unspecified atom stereocenters. The van der Waals surface area contributed by atoms with E-state index >= 15 is 0 Å². The molecule has 0 N–H and O–H groups in total. The molecule has 1 aromatic rings. The van der Waals surface area contributed by atoms with Crippen LogP contribution in [0.2, 0.25) is 5.02 Å². The van der Waals surface area contributed by atoms with Crippen molar-refractivity contribution in [3.8, 4) is 0 Å². The lowest BCUT2D eigenvalue weighted by Gasteiger charge is -2.26. The molecule has 0 saturated carbocycles. The number of esters is 1. The number of cyclic esters (lactones) is 1. The third kappa shape index (κ3) is 2.29. The topological polar surface area (TPSA) is 26.3 Å². The fraction of sp³-hybridized carbons (Fsp3) is 0.364. The lowest BCUT2D eigenvalue weighted by atomic mass is 10.1. The van der Waals surface area contributed by atoms with Gasteiger partial charge in [0.1, 0.15) is 11.9 Å². The molecule has 4 heteroatoms. The molecule has 0 aliphatic carbocycles. The molecular weight excluding hydrogens is 232 g/mol. The molecule has 80 valence electrons. The van der Waals surface area contributed by atoms with Gasteiger partial charge in [0.2, 0.25) is 0 Å². The first-order valence-corrected chi connectivity index (χ1v) is 6.07. The average Bonchev–Trinajstić information content (AvgIpc) is 2.23. The number of carbonyl (C=O) groups is 1. The van der Waals surface area contributed by atoms with Crippen LogP contribution < -0.4 is 0 Å². The highest BCUT2D eigenvalue weighted by atomic mass is 35.5. The Morgan fingerprint density at radius 1 is 1.47 bits per heavy atom. The Kier molecular flexibility index (Phi) is 3.22. The van der Waals surface area contributed by atoms with Crippen molar-refractivity contribution in [2.75, 3.05) is 6.61 Å². The van der Waals surface area contributed by atoms with Crippen molar-refractivity contribution in [3.05, 3.63) is 34.9 Å². The van der Waals surface area contributed by atoms with Crippen LogP contribution in [0.15, 0.2) is 24.3 Å². The predicted molar refractivity (Wildman–Crippen MR) is 62.2 cm³/mol. The van der Waals surface area contributed by atoms with Crippen molar-refractivity contribution < 1.29 is 9.53 Å². The summed E-state index contributed by atoms with van der Waals surface area (Å²) in [7, 11) is 0. The van der Waals surface area contributed by atoms with Gasteiger partial charge in [-0.05, 0) is 18.6 Å². The van der Waals surface area contributed by atoms with Gasteiger partial charge in [-0.25, -0.2) is 0 Å². The standard InChI is InChI=1S/C11H11ClO2S/c1-7-11(13)14-6-10(15-7)8-4-2-3-5-9(8)12/h2-5,7,10H,6H2,1H3. The van der Waals surface area contributed by atoms with Gasteiger partial charge in [-0.15, -0.1) is 11.8 Å². The molecule has 0 amide bonds. The van der Waals surface area contributed by atoms with Gasteiger partial charge in [0.25, 0.3) is 0 Å². The Bertz CT molecular complexity index is 381. The zero-order chi connectivity index (χ0) is 10.8. The molecule has 1 fully saturated rings. The summed E-state index contributed by atoms with van der Waals surface area (Å²) < 4.78 is 5.09. The Labute approximate surface area is 98.0 Å². The molecule has 0 bridgehead atoms. The Hall–Kier alpha value is -0.670. The lowest BCUT2D eigenvalue weighted by Crippen LogP contribution is -2.26. The molecule has 1 aliphatic heterocycles. The average molecular weight is 243 g/mol. The van der Waals surface area contributed by atoms with Crippen molar-refractivity contribution in [2.24, 2.45) is 0 Å². The quantitative estimate of drug-likeness (QED) is 0.708. The van der Waals surface area contributed by atoms with Crippen LogP contribution in [-0.4, -0.2) is 17.8 Å². The van der Waals surface area contributed by atoms with E-state index in [2.05, 4.69) is 0 Å². The number of hydrogen-bond acceptors (Lipinski definition) is 3. The first kappa shape index (κ1) is 10.8. The summed E-state index contributed by atoms with van der Waals surface area (Å²) in [6.45, 7) is 2.27. The summed E-state index contributed by atoms with van der Waals surface area (Å²) in [5, 5.41) is 0.784. The Morgan fingerprint density at radius 3 is 2.87 bits per heavy atom. The summed E-state index contributed by atoms with van der Waals surface area (Å²) in [6.07, 6.45) is 0. The van der Waals surface area contributed by atoms with Gasteiger partial charge in [-0.2, -0.15) is 0 Å². The van der Waals surface area contributed by atoms with E-state index in [1.807, 2.05) is 31.2 Å². The highest BCUT2D eigenvalue weighted by Crippen LogP contribution is 2.39. The van der Waals surface area contributed by atoms with Gasteiger partial charge >= 0.3 is 5.97 Å². The summed E-state index contributed by atoms with van der Waals surface area (Å²) in [6, 6.07) is 7.68. The predicted octanol–water partition coefficient (Wildman–Crippen LogP) is 3.06. The van der Waals surface area contributed by atoms with E-state index < -0.39 is 0 Å². The summed E-state index contributed by atoms with van der Waals surface area (Å²) >= 11 is 7.69. The first-order chi connectivity index (χ1) is 7.18. The van der Waals surface area contributed by atoms with Crippen molar-refractivity contribution in [2.45, 2.75) is 17.4 Å². The molecule has 1 heterocycles. The van der Waals surface area contributed by atoms with Crippen LogP contribution in [0.25, 0.3) is 0 Å². The van der Waals surface area contributed by atoms with E-state index in [1.54, 1.807) is 11.8 Å². The second-order valence-electron chi connectivity index (χ2n) is 3.42. The molecule has 1 aliphatic rings. The van der Waals surface area contributed by atoms with E-state index in [-0.39, 0.29) is 16.5 Å². The fourth-order valence-corrected chi connectivity index (χ4v) is 3.02. The molecule has 1 aromatic carbocycles. The number of ether oxygens (including phenoxy) is 1. The van der Waals surface area contributed by atoms with Gasteiger partial charge < -0.3 is 4.74 Å². The van der Waals surface area contributed by atoms with E-state index in [0.717, 1.165) is 10.6 Å². The molecule has 0 aromatic heterocycles. The van der Waals surface area contributed by atoms with Gasteiger partial charge in [0.15, 0.2) is 0 Å². The zero-order valence-corrected chi connectivity index (χ0v) is 9.85. The van der Waals surface area contributed by atoms with E-state index in [4.69, 9.17) is 16.3 Å². The maximum absolute atomic E-state index is 11.2. The van der Waals surface area contributed by atoms with Crippen molar-refractivity contribution >= 4 is 29.3 Å². The highest BCUT2D eigenvalue weighted by molar-refractivity contribution is 8.00. The number of carbonyl (C=O) groups excluding carboxylic acids is 1. The normalized spacial score (nSPS) is 26.1. The second kappa shape index (κ2) is 4.45. The van der Waals surface area contributed by atoms with E-state index in [0.29, 0.717) is 6.61 Å². The van der Waals surface area contributed by atoms with Crippen LogP contribution in [0.5, 0.6) is 0 Å². The molecular formula is C11H11ClO2S. The maximum Gasteiger partial charge on any atom is 0.318 e. The van der Waals surface area contributed by atoms with Gasteiger partial charge in [0, 0.05) is 5.02 Å². The summed E-state index contributed by atoms with van der Waals surface area (Å²) in [5.41, 5.74) is 1.04. The fourth-order valence-electron chi connectivity index (χ4n) is 1.52. The second-order valence-corrected chi connectivity index (χ2v) is 5.37. The molecule has 2 rings (SSSR count). The van der Waals surface area contributed by atoms with Crippen LogP contribution in [0.3, 0.4) is 0 Å². The van der Waals surface area contributed by atoms with Crippen LogP contribution in [-0.2, 0) is 9.53 Å². The SMILES string of the molecule is CC1SC(c2ccccc2Cl)COC1=O. The van der Waals surface area contributed by atoms with E-state index in [1.165, 1.54) is 0 Å². The minimum Gasteiger partial charge on any atom is -0.463 e. The van der Waals surface area contributed by atoms with Crippen LogP contribution in [0, 0.1) is 0 Å². The molecule has 2 nitrogen and oxygen atoms in total. The zero-order valence-electron chi connectivity index (χ0n) is 8.27. The first-order valence-electron chi connectivity index (χ1n) is 4.75. The van der Waals surface area contributed by atoms with Crippen molar-refractivity contribution in [3.63, 3.8) is 0 Å². The number of thioether (sulfide) groups is 1. The van der Waals surface area contributed by atoms with Crippen molar-refractivity contribution in [1.82, 2.24) is 0 Å². The van der Waals surface area contributed by atoms with Crippen LogP contribution in [0.4, 0.5) is 0 Å². The molecule has 0 radical (unpaired) electrons. The lowest BCUT2D eigenvalue weighted by molar-refractivity contribution is -0.143.